The highest BCUT2D eigenvalue weighted by atomic mass is 16.5. The monoisotopic (exact) mass is 256 g/mol. The summed E-state index contributed by atoms with van der Waals surface area (Å²) < 4.78 is 5.91. The van der Waals surface area contributed by atoms with Gasteiger partial charge in [-0.15, -0.1) is 0 Å². The van der Waals surface area contributed by atoms with Gasteiger partial charge < -0.3 is 10.1 Å². The summed E-state index contributed by atoms with van der Waals surface area (Å²) in [6.45, 7) is 7.21. The van der Waals surface area contributed by atoms with Gasteiger partial charge in [0.15, 0.2) is 0 Å². The molecular formula is C16H20N2O. The molecule has 1 N–H and O–H groups in total. The molecular weight excluding hydrogens is 236 g/mol. The SMILES string of the molecule is CCNc1cccc(Oc2ccccc2C(C)C)n1. The second-order valence-electron chi connectivity index (χ2n) is 4.69. The standard InChI is InChI=1S/C16H20N2O/c1-4-17-15-10-7-11-16(18-15)19-14-9-6-5-8-13(14)12(2)3/h5-12H,4H2,1-3H3,(H,17,18). The van der Waals surface area contributed by atoms with E-state index in [-0.39, 0.29) is 0 Å². The van der Waals surface area contributed by atoms with Crippen LogP contribution in [0.1, 0.15) is 32.3 Å². The third-order valence-corrected chi connectivity index (χ3v) is 2.84. The predicted octanol–water partition coefficient (Wildman–Crippen LogP) is 4.43. The number of hydrogen-bond donors (Lipinski definition) is 1. The zero-order chi connectivity index (χ0) is 13.7. The largest absolute Gasteiger partial charge is 0.439 e. The first-order valence-electron chi connectivity index (χ1n) is 6.68. The Morgan fingerprint density at radius 3 is 2.63 bits per heavy atom. The van der Waals surface area contributed by atoms with Gasteiger partial charge in [-0.2, -0.15) is 4.98 Å². The van der Waals surface area contributed by atoms with E-state index in [4.69, 9.17) is 4.74 Å². The minimum absolute atomic E-state index is 0.424. The van der Waals surface area contributed by atoms with Gasteiger partial charge in [-0.1, -0.05) is 38.1 Å². The van der Waals surface area contributed by atoms with Crippen LogP contribution in [0.3, 0.4) is 0 Å². The summed E-state index contributed by atoms with van der Waals surface area (Å²) >= 11 is 0. The van der Waals surface area contributed by atoms with Crippen LogP contribution in [0, 0.1) is 0 Å². The summed E-state index contributed by atoms with van der Waals surface area (Å²) in [7, 11) is 0. The molecule has 1 aromatic heterocycles. The molecule has 0 radical (unpaired) electrons. The number of hydrogen-bond acceptors (Lipinski definition) is 3. The van der Waals surface area contributed by atoms with E-state index >= 15 is 0 Å². The summed E-state index contributed by atoms with van der Waals surface area (Å²) in [5, 5.41) is 3.18. The fourth-order valence-corrected chi connectivity index (χ4v) is 1.91. The Morgan fingerprint density at radius 2 is 1.89 bits per heavy atom. The lowest BCUT2D eigenvalue weighted by Crippen LogP contribution is -2.00. The Kier molecular flexibility index (Phi) is 4.39. The summed E-state index contributed by atoms with van der Waals surface area (Å²) in [5.74, 6) is 2.75. The van der Waals surface area contributed by atoms with Gasteiger partial charge in [0.25, 0.3) is 0 Å². The average molecular weight is 256 g/mol. The second kappa shape index (κ2) is 6.23. The molecule has 1 aromatic carbocycles. The molecule has 0 aliphatic rings. The quantitative estimate of drug-likeness (QED) is 0.859. The van der Waals surface area contributed by atoms with Crippen LogP contribution in [-0.4, -0.2) is 11.5 Å². The number of nitrogens with one attached hydrogen (secondary N) is 1. The number of anilines is 1. The van der Waals surface area contributed by atoms with E-state index in [0.717, 1.165) is 18.1 Å². The van der Waals surface area contributed by atoms with Crippen molar-refractivity contribution in [1.82, 2.24) is 4.98 Å². The lowest BCUT2D eigenvalue weighted by molar-refractivity contribution is 0.455. The summed E-state index contributed by atoms with van der Waals surface area (Å²) in [4.78, 5) is 4.42. The van der Waals surface area contributed by atoms with E-state index in [1.165, 1.54) is 5.56 Å². The van der Waals surface area contributed by atoms with Gasteiger partial charge >= 0.3 is 0 Å². The second-order valence-corrected chi connectivity index (χ2v) is 4.69. The van der Waals surface area contributed by atoms with E-state index in [1.54, 1.807) is 0 Å². The van der Waals surface area contributed by atoms with Gasteiger partial charge in [-0.05, 0) is 30.5 Å². The van der Waals surface area contributed by atoms with Gasteiger partial charge in [-0.3, -0.25) is 0 Å². The molecule has 0 bridgehead atoms. The van der Waals surface area contributed by atoms with Crippen LogP contribution in [0.4, 0.5) is 5.82 Å². The third-order valence-electron chi connectivity index (χ3n) is 2.84. The third kappa shape index (κ3) is 3.47. The Hall–Kier alpha value is -2.03. The minimum Gasteiger partial charge on any atom is -0.439 e. The Bertz CT molecular complexity index is 538. The molecule has 0 unspecified atom stereocenters. The molecule has 0 fully saturated rings. The molecule has 0 amide bonds. The van der Waals surface area contributed by atoms with Gasteiger partial charge in [0.05, 0.1) is 0 Å². The maximum Gasteiger partial charge on any atom is 0.221 e. The van der Waals surface area contributed by atoms with Gasteiger partial charge in [0, 0.05) is 12.6 Å². The molecule has 0 saturated carbocycles. The first kappa shape index (κ1) is 13.4. The Balaban J connectivity index is 2.23. The van der Waals surface area contributed by atoms with Crippen LogP contribution in [-0.2, 0) is 0 Å². The molecule has 100 valence electrons. The van der Waals surface area contributed by atoms with E-state index in [1.807, 2.05) is 43.3 Å². The van der Waals surface area contributed by atoms with E-state index in [2.05, 4.69) is 30.2 Å². The molecule has 0 saturated heterocycles. The molecule has 0 spiro atoms. The van der Waals surface area contributed by atoms with Gasteiger partial charge in [0.2, 0.25) is 5.88 Å². The molecule has 1 heterocycles. The topological polar surface area (TPSA) is 34.1 Å². The van der Waals surface area contributed by atoms with Crippen molar-refractivity contribution >= 4 is 5.82 Å². The van der Waals surface area contributed by atoms with Crippen molar-refractivity contribution in [2.75, 3.05) is 11.9 Å². The predicted molar refractivity (Wildman–Crippen MR) is 79.0 cm³/mol. The number of pyridine rings is 1. The molecule has 19 heavy (non-hydrogen) atoms. The average Bonchev–Trinajstić information content (AvgIpc) is 2.40. The zero-order valence-electron chi connectivity index (χ0n) is 11.7. The Labute approximate surface area is 114 Å². The smallest absolute Gasteiger partial charge is 0.221 e. The molecule has 3 nitrogen and oxygen atoms in total. The van der Waals surface area contributed by atoms with Crippen LogP contribution in [0.25, 0.3) is 0 Å². The van der Waals surface area contributed by atoms with Crippen molar-refractivity contribution in [3.63, 3.8) is 0 Å². The van der Waals surface area contributed by atoms with Crippen molar-refractivity contribution in [1.29, 1.82) is 0 Å². The van der Waals surface area contributed by atoms with Crippen LogP contribution in [0.2, 0.25) is 0 Å². The van der Waals surface area contributed by atoms with Crippen LogP contribution in [0.15, 0.2) is 42.5 Å². The molecule has 0 atom stereocenters. The maximum absolute atomic E-state index is 5.91. The normalized spacial score (nSPS) is 10.5. The molecule has 3 heteroatoms. The minimum atomic E-state index is 0.424. The maximum atomic E-state index is 5.91. The highest BCUT2D eigenvalue weighted by Crippen LogP contribution is 2.29. The number of para-hydroxylation sites is 1. The van der Waals surface area contributed by atoms with E-state index < -0.39 is 0 Å². The fourth-order valence-electron chi connectivity index (χ4n) is 1.91. The highest BCUT2D eigenvalue weighted by Gasteiger charge is 2.08. The van der Waals surface area contributed by atoms with Crippen molar-refractivity contribution in [2.45, 2.75) is 26.7 Å². The molecule has 2 rings (SSSR count). The summed E-state index contributed by atoms with van der Waals surface area (Å²) in [6.07, 6.45) is 0. The number of aromatic nitrogens is 1. The zero-order valence-corrected chi connectivity index (χ0v) is 11.7. The van der Waals surface area contributed by atoms with Crippen LogP contribution in [0.5, 0.6) is 11.6 Å². The van der Waals surface area contributed by atoms with Gasteiger partial charge in [0.1, 0.15) is 11.6 Å². The molecule has 0 aliphatic carbocycles. The summed E-state index contributed by atoms with van der Waals surface area (Å²) in [5.41, 5.74) is 1.19. The van der Waals surface area contributed by atoms with Crippen molar-refractivity contribution in [3.05, 3.63) is 48.0 Å². The number of benzene rings is 1. The number of rotatable bonds is 5. The first-order valence-corrected chi connectivity index (χ1v) is 6.68. The lowest BCUT2D eigenvalue weighted by Gasteiger charge is -2.13. The van der Waals surface area contributed by atoms with Gasteiger partial charge in [-0.25, -0.2) is 0 Å². The number of ether oxygens (including phenoxy) is 1. The van der Waals surface area contributed by atoms with Crippen molar-refractivity contribution < 1.29 is 4.74 Å². The van der Waals surface area contributed by atoms with Crippen LogP contribution >= 0.6 is 0 Å². The Morgan fingerprint density at radius 1 is 1.11 bits per heavy atom. The highest BCUT2D eigenvalue weighted by molar-refractivity contribution is 5.41. The van der Waals surface area contributed by atoms with E-state index in [0.29, 0.717) is 11.8 Å². The molecule has 2 aromatic rings. The lowest BCUT2D eigenvalue weighted by atomic mass is 10.0. The molecule has 0 aliphatic heterocycles. The van der Waals surface area contributed by atoms with Crippen LogP contribution < -0.4 is 10.1 Å². The number of nitrogens with zero attached hydrogens (tertiary/aromatic N) is 1. The fraction of sp³-hybridized carbons (Fsp3) is 0.312. The van der Waals surface area contributed by atoms with Crippen molar-refractivity contribution in [3.8, 4) is 11.6 Å². The summed E-state index contributed by atoms with van der Waals surface area (Å²) in [6, 6.07) is 13.8. The van der Waals surface area contributed by atoms with Crippen molar-refractivity contribution in [2.24, 2.45) is 0 Å². The van der Waals surface area contributed by atoms with E-state index in [9.17, 15) is 0 Å². The first-order chi connectivity index (χ1) is 9.20.